The molecule has 0 aliphatic carbocycles. The average molecular weight is 280 g/mol. The Kier molecular flexibility index (Phi) is 3.32. The number of halogens is 1. The minimum absolute atomic E-state index is 0.296. The summed E-state index contributed by atoms with van der Waals surface area (Å²) in [6, 6.07) is 3.56. The lowest BCUT2D eigenvalue weighted by Gasteiger charge is -2.17. The molecule has 0 fully saturated rings. The van der Waals surface area contributed by atoms with Crippen LogP contribution in [0.3, 0.4) is 0 Å². The highest BCUT2D eigenvalue weighted by Crippen LogP contribution is 2.34. The van der Waals surface area contributed by atoms with E-state index in [1.54, 1.807) is 18.3 Å². The number of nitrogens with zero attached hydrogens (tertiary/aromatic N) is 3. The van der Waals surface area contributed by atoms with E-state index in [-0.39, 0.29) is 5.41 Å². The largest absolute Gasteiger partial charge is 0.463 e. The third-order valence-electron chi connectivity index (χ3n) is 2.67. The third-order valence-corrected chi connectivity index (χ3v) is 2.97. The van der Waals surface area contributed by atoms with Gasteiger partial charge < -0.3 is 5.11 Å². The fourth-order valence-electron chi connectivity index (χ4n) is 1.81. The Hall–Kier alpha value is -1.88. The van der Waals surface area contributed by atoms with Gasteiger partial charge in [0.1, 0.15) is 5.15 Å². The van der Waals surface area contributed by atoms with Gasteiger partial charge in [0.25, 0.3) is 0 Å². The Morgan fingerprint density at radius 2 is 2.05 bits per heavy atom. The van der Waals surface area contributed by atoms with Crippen LogP contribution in [0.4, 0.5) is 4.79 Å². The summed E-state index contributed by atoms with van der Waals surface area (Å²) in [7, 11) is 0. The summed E-state index contributed by atoms with van der Waals surface area (Å²) in [6.07, 6.45) is 1.92. The molecule has 19 heavy (non-hydrogen) atoms. The second-order valence-corrected chi connectivity index (χ2v) is 5.57. The first-order valence-corrected chi connectivity index (χ1v) is 6.13. The zero-order valence-electron chi connectivity index (χ0n) is 10.9. The van der Waals surface area contributed by atoms with E-state index in [9.17, 15) is 4.79 Å². The van der Waals surface area contributed by atoms with Crippen LogP contribution in [0.15, 0.2) is 24.5 Å². The van der Waals surface area contributed by atoms with E-state index in [1.807, 2.05) is 20.8 Å². The topological polar surface area (TPSA) is 68.0 Å². The van der Waals surface area contributed by atoms with Gasteiger partial charge in [0.2, 0.25) is 0 Å². The smallest absolute Gasteiger partial charge is 0.432 e. The van der Waals surface area contributed by atoms with Crippen LogP contribution in [-0.2, 0) is 5.41 Å². The molecule has 6 heteroatoms. The summed E-state index contributed by atoms with van der Waals surface area (Å²) in [4.78, 5) is 15.1. The standard InChI is InChI=1S/C13H14ClN3O2/c1-13(2,3)10-9(7-17(16-10)12(18)19)8-5-4-6-15-11(8)14/h4-7H,1-3H3,(H,18,19). The maximum Gasteiger partial charge on any atom is 0.432 e. The van der Waals surface area contributed by atoms with Gasteiger partial charge in [0.15, 0.2) is 0 Å². The highest BCUT2D eigenvalue weighted by molar-refractivity contribution is 6.32. The Morgan fingerprint density at radius 1 is 1.37 bits per heavy atom. The van der Waals surface area contributed by atoms with Crippen molar-refractivity contribution >= 4 is 17.7 Å². The first kappa shape index (κ1) is 13.5. The molecule has 0 amide bonds. The molecule has 2 heterocycles. The number of carboxylic acid groups (broad SMARTS) is 1. The third kappa shape index (κ3) is 2.61. The van der Waals surface area contributed by atoms with Crippen molar-refractivity contribution in [2.45, 2.75) is 26.2 Å². The van der Waals surface area contributed by atoms with Crippen molar-refractivity contribution in [3.05, 3.63) is 35.4 Å². The molecule has 2 rings (SSSR count). The van der Waals surface area contributed by atoms with Gasteiger partial charge in [-0.05, 0) is 12.1 Å². The predicted octanol–water partition coefficient (Wildman–Crippen LogP) is 3.42. The zero-order chi connectivity index (χ0) is 14.2. The van der Waals surface area contributed by atoms with Crippen molar-refractivity contribution in [1.82, 2.24) is 14.8 Å². The molecule has 2 aromatic heterocycles. The minimum Gasteiger partial charge on any atom is -0.463 e. The SMILES string of the molecule is CC(C)(C)c1nn(C(=O)O)cc1-c1cccnc1Cl. The highest BCUT2D eigenvalue weighted by atomic mass is 35.5. The van der Waals surface area contributed by atoms with Crippen LogP contribution in [0.5, 0.6) is 0 Å². The van der Waals surface area contributed by atoms with Crippen LogP contribution >= 0.6 is 11.6 Å². The lowest BCUT2D eigenvalue weighted by molar-refractivity contribution is 0.192. The summed E-state index contributed by atoms with van der Waals surface area (Å²) in [6.45, 7) is 5.90. The molecule has 0 radical (unpaired) electrons. The van der Waals surface area contributed by atoms with Crippen LogP contribution in [-0.4, -0.2) is 26.0 Å². The molecule has 5 nitrogen and oxygen atoms in total. The van der Waals surface area contributed by atoms with Crippen molar-refractivity contribution < 1.29 is 9.90 Å². The Labute approximate surface area is 115 Å². The van der Waals surface area contributed by atoms with Gasteiger partial charge in [-0.15, -0.1) is 0 Å². The van der Waals surface area contributed by atoms with Crippen molar-refractivity contribution in [3.8, 4) is 11.1 Å². The predicted molar refractivity (Wildman–Crippen MR) is 72.6 cm³/mol. The molecular formula is C13H14ClN3O2. The molecule has 0 aromatic carbocycles. The van der Waals surface area contributed by atoms with Gasteiger partial charge in [-0.3, -0.25) is 0 Å². The second kappa shape index (κ2) is 4.66. The molecule has 0 bridgehead atoms. The summed E-state index contributed by atoms with van der Waals surface area (Å²) >= 11 is 6.07. The molecule has 100 valence electrons. The lowest BCUT2D eigenvalue weighted by Crippen LogP contribution is -2.16. The molecule has 0 saturated heterocycles. The van der Waals surface area contributed by atoms with Crippen LogP contribution in [0, 0.1) is 0 Å². The number of hydrogen-bond donors (Lipinski definition) is 1. The van der Waals surface area contributed by atoms with E-state index in [2.05, 4.69) is 10.1 Å². The normalized spacial score (nSPS) is 11.6. The van der Waals surface area contributed by atoms with Gasteiger partial charge in [0, 0.05) is 28.9 Å². The molecule has 0 spiro atoms. The highest BCUT2D eigenvalue weighted by Gasteiger charge is 2.25. The lowest BCUT2D eigenvalue weighted by atomic mass is 9.88. The van der Waals surface area contributed by atoms with Crippen molar-refractivity contribution in [2.24, 2.45) is 0 Å². The molecule has 0 unspecified atom stereocenters. The zero-order valence-corrected chi connectivity index (χ0v) is 11.6. The maximum absolute atomic E-state index is 11.1. The average Bonchev–Trinajstić information content (AvgIpc) is 2.74. The summed E-state index contributed by atoms with van der Waals surface area (Å²) in [5.74, 6) is 0. The van der Waals surface area contributed by atoms with Crippen LogP contribution in [0.1, 0.15) is 26.5 Å². The summed E-state index contributed by atoms with van der Waals surface area (Å²) in [5, 5.41) is 13.5. The first-order chi connectivity index (χ1) is 8.80. The monoisotopic (exact) mass is 279 g/mol. The van der Waals surface area contributed by atoms with Crippen LogP contribution in [0.2, 0.25) is 5.15 Å². The molecular weight excluding hydrogens is 266 g/mol. The molecule has 0 saturated carbocycles. The van der Waals surface area contributed by atoms with E-state index in [0.717, 1.165) is 4.68 Å². The second-order valence-electron chi connectivity index (χ2n) is 5.21. The Bertz CT molecular complexity index is 629. The minimum atomic E-state index is -1.13. The first-order valence-electron chi connectivity index (χ1n) is 5.75. The maximum atomic E-state index is 11.1. The number of pyridine rings is 1. The van der Waals surface area contributed by atoms with E-state index in [4.69, 9.17) is 16.7 Å². The molecule has 0 aliphatic heterocycles. The van der Waals surface area contributed by atoms with Gasteiger partial charge in [-0.2, -0.15) is 9.78 Å². The number of rotatable bonds is 1. The van der Waals surface area contributed by atoms with E-state index >= 15 is 0 Å². The fourth-order valence-corrected chi connectivity index (χ4v) is 2.03. The van der Waals surface area contributed by atoms with Crippen LogP contribution in [0.25, 0.3) is 11.1 Å². The van der Waals surface area contributed by atoms with Crippen LogP contribution < -0.4 is 0 Å². The van der Waals surface area contributed by atoms with E-state index in [1.165, 1.54) is 6.20 Å². The van der Waals surface area contributed by atoms with E-state index in [0.29, 0.717) is 22.0 Å². The Balaban J connectivity index is 2.69. The van der Waals surface area contributed by atoms with Gasteiger partial charge in [-0.25, -0.2) is 9.78 Å². The molecule has 2 aromatic rings. The quantitative estimate of drug-likeness (QED) is 0.812. The van der Waals surface area contributed by atoms with Crippen molar-refractivity contribution in [1.29, 1.82) is 0 Å². The Morgan fingerprint density at radius 3 is 2.58 bits per heavy atom. The summed E-state index contributed by atoms with van der Waals surface area (Å²) < 4.78 is 0.902. The fraction of sp³-hybridized carbons (Fsp3) is 0.308. The molecule has 0 aliphatic rings. The number of aromatic nitrogens is 3. The van der Waals surface area contributed by atoms with Gasteiger partial charge in [0.05, 0.1) is 5.69 Å². The van der Waals surface area contributed by atoms with Crippen molar-refractivity contribution in [3.63, 3.8) is 0 Å². The number of carbonyl (C=O) groups is 1. The molecule has 0 atom stereocenters. The summed E-state index contributed by atoms with van der Waals surface area (Å²) in [5.41, 5.74) is 1.74. The number of hydrogen-bond acceptors (Lipinski definition) is 3. The van der Waals surface area contributed by atoms with Crippen molar-refractivity contribution in [2.75, 3.05) is 0 Å². The molecule has 1 N–H and O–H groups in total. The van der Waals surface area contributed by atoms with Gasteiger partial charge in [-0.1, -0.05) is 32.4 Å². The van der Waals surface area contributed by atoms with E-state index < -0.39 is 6.09 Å². The van der Waals surface area contributed by atoms with Gasteiger partial charge >= 0.3 is 6.09 Å².